The molecule has 1 aliphatic rings. The topological polar surface area (TPSA) is 52.6 Å². The van der Waals surface area contributed by atoms with E-state index in [1.807, 2.05) is 62.4 Å². The van der Waals surface area contributed by atoms with E-state index in [1.165, 1.54) is 0 Å². The number of piperidine rings is 1. The van der Waals surface area contributed by atoms with Gasteiger partial charge < -0.3 is 10.4 Å². The first-order chi connectivity index (χ1) is 12.0. The minimum absolute atomic E-state index is 0.00106. The van der Waals surface area contributed by atoms with Gasteiger partial charge in [-0.05, 0) is 49.4 Å². The Labute approximate surface area is 149 Å². The number of aliphatic hydroxyl groups is 1. The molecule has 132 valence electrons. The third-order valence-electron chi connectivity index (χ3n) is 5.03. The quantitative estimate of drug-likeness (QED) is 0.900. The average molecular weight is 338 g/mol. The van der Waals surface area contributed by atoms with Crippen LogP contribution in [0.3, 0.4) is 0 Å². The van der Waals surface area contributed by atoms with Crippen LogP contribution >= 0.6 is 0 Å². The van der Waals surface area contributed by atoms with E-state index in [-0.39, 0.29) is 5.91 Å². The maximum atomic E-state index is 12.4. The van der Waals surface area contributed by atoms with Crippen molar-refractivity contribution >= 4 is 11.6 Å². The summed E-state index contributed by atoms with van der Waals surface area (Å²) in [4.78, 5) is 14.5. The van der Waals surface area contributed by atoms with Gasteiger partial charge in [-0.15, -0.1) is 0 Å². The van der Waals surface area contributed by atoms with Crippen LogP contribution in [0.5, 0.6) is 0 Å². The molecule has 2 aromatic carbocycles. The summed E-state index contributed by atoms with van der Waals surface area (Å²) in [7, 11) is 0. The fourth-order valence-electron chi connectivity index (χ4n) is 3.38. The van der Waals surface area contributed by atoms with Gasteiger partial charge in [-0.3, -0.25) is 9.69 Å². The van der Waals surface area contributed by atoms with Gasteiger partial charge in [0.15, 0.2) is 0 Å². The Bertz CT molecular complexity index is 735. The average Bonchev–Trinajstić information content (AvgIpc) is 2.61. The summed E-state index contributed by atoms with van der Waals surface area (Å²) in [5.41, 5.74) is 3.27. The molecule has 0 saturated carbocycles. The second kappa shape index (κ2) is 7.38. The molecule has 2 aromatic rings. The van der Waals surface area contributed by atoms with Crippen LogP contribution in [0.15, 0.2) is 48.5 Å². The van der Waals surface area contributed by atoms with Crippen molar-refractivity contribution in [2.24, 2.45) is 0 Å². The molecule has 25 heavy (non-hydrogen) atoms. The van der Waals surface area contributed by atoms with E-state index in [0.717, 1.165) is 22.4 Å². The molecule has 0 aromatic heterocycles. The maximum Gasteiger partial charge on any atom is 0.238 e. The van der Waals surface area contributed by atoms with E-state index in [9.17, 15) is 9.90 Å². The zero-order valence-electron chi connectivity index (χ0n) is 15.0. The molecule has 1 amide bonds. The molecule has 3 rings (SSSR count). The summed E-state index contributed by atoms with van der Waals surface area (Å²) in [6.45, 7) is 5.80. The van der Waals surface area contributed by atoms with Gasteiger partial charge in [0.25, 0.3) is 0 Å². The van der Waals surface area contributed by atoms with Gasteiger partial charge in [0.2, 0.25) is 5.91 Å². The fourth-order valence-corrected chi connectivity index (χ4v) is 3.38. The third kappa shape index (κ3) is 4.27. The van der Waals surface area contributed by atoms with Crippen LogP contribution in [0.1, 0.15) is 29.5 Å². The molecule has 1 heterocycles. The lowest BCUT2D eigenvalue weighted by atomic mass is 9.84. The van der Waals surface area contributed by atoms with E-state index >= 15 is 0 Å². The molecule has 2 N–H and O–H groups in total. The zero-order valence-corrected chi connectivity index (χ0v) is 15.0. The van der Waals surface area contributed by atoms with Crippen LogP contribution in [-0.2, 0) is 10.4 Å². The second-order valence-electron chi connectivity index (χ2n) is 7.04. The van der Waals surface area contributed by atoms with E-state index in [1.54, 1.807) is 0 Å². The number of amides is 1. The SMILES string of the molecule is Cc1ccc(C)c(NC(=O)CN2CCC(O)(c3ccccc3)CC2)c1. The van der Waals surface area contributed by atoms with Crippen molar-refractivity contribution in [3.05, 3.63) is 65.2 Å². The summed E-state index contributed by atoms with van der Waals surface area (Å²) < 4.78 is 0. The normalized spacial score (nSPS) is 17.2. The Hall–Kier alpha value is -2.17. The van der Waals surface area contributed by atoms with Crippen molar-refractivity contribution in [2.45, 2.75) is 32.3 Å². The van der Waals surface area contributed by atoms with E-state index in [0.29, 0.717) is 32.5 Å². The van der Waals surface area contributed by atoms with Gasteiger partial charge in [0.05, 0.1) is 12.1 Å². The smallest absolute Gasteiger partial charge is 0.238 e. The molecule has 1 aliphatic heterocycles. The van der Waals surface area contributed by atoms with Crippen molar-refractivity contribution in [2.75, 3.05) is 25.0 Å². The molecular weight excluding hydrogens is 312 g/mol. The summed E-state index contributed by atoms with van der Waals surface area (Å²) in [6, 6.07) is 15.9. The molecule has 0 spiro atoms. The van der Waals surface area contributed by atoms with Crippen molar-refractivity contribution in [1.82, 2.24) is 4.90 Å². The standard InChI is InChI=1S/C21H26N2O2/c1-16-8-9-17(2)19(14-16)22-20(24)15-23-12-10-21(25,11-13-23)18-6-4-3-5-7-18/h3-9,14,25H,10-13,15H2,1-2H3,(H,22,24). The number of nitrogens with one attached hydrogen (secondary N) is 1. The first-order valence-corrected chi connectivity index (χ1v) is 8.84. The lowest BCUT2D eigenvalue weighted by molar-refractivity contribution is -0.118. The number of carbonyl (C=O) groups excluding carboxylic acids is 1. The Balaban J connectivity index is 1.55. The largest absolute Gasteiger partial charge is 0.385 e. The van der Waals surface area contributed by atoms with Gasteiger partial charge in [0.1, 0.15) is 0 Å². The highest BCUT2D eigenvalue weighted by atomic mass is 16.3. The predicted octanol–water partition coefficient (Wildman–Crippen LogP) is 3.23. The number of likely N-dealkylation sites (tertiary alicyclic amines) is 1. The number of hydrogen-bond donors (Lipinski definition) is 2. The third-order valence-corrected chi connectivity index (χ3v) is 5.03. The molecular formula is C21H26N2O2. The summed E-state index contributed by atoms with van der Waals surface area (Å²) in [6.07, 6.45) is 1.29. The minimum Gasteiger partial charge on any atom is -0.385 e. The van der Waals surface area contributed by atoms with Crippen LogP contribution in [0.2, 0.25) is 0 Å². The Morgan fingerprint density at radius 3 is 2.48 bits per heavy atom. The number of hydrogen-bond acceptors (Lipinski definition) is 3. The highest BCUT2D eigenvalue weighted by Crippen LogP contribution is 2.32. The fraction of sp³-hybridized carbons (Fsp3) is 0.381. The van der Waals surface area contributed by atoms with E-state index in [2.05, 4.69) is 10.2 Å². The number of rotatable bonds is 4. The number of nitrogens with zero attached hydrogens (tertiary/aromatic N) is 1. The second-order valence-corrected chi connectivity index (χ2v) is 7.04. The number of anilines is 1. The Kier molecular flexibility index (Phi) is 5.21. The summed E-state index contributed by atoms with van der Waals surface area (Å²) in [5.74, 6) is -0.00106. The van der Waals surface area contributed by atoms with Crippen molar-refractivity contribution < 1.29 is 9.90 Å². The van der Waals surface area contributed by atoms with E-state index in [4.69, 9.17) is 0 Å². The zero-order chi connectivity index (χ0) is 17.9. The maximum absolute atomic E-state index is 12.4. The van der Waals surface area contributed by atoms with Crippen LogP contribution in [0, 0.1) is 13.8 Å². The molecule has 4 heteroatoms. The minimum atomic E-state index is -0.776. The Morgan fingerprint density at radius 1 is 1.12 bits per heavy atom. The van der Waals surface area contributed by atoms with Crippen molar-refractivity contribution in [1.29, 1.82) is 0 Å². The first-order valence-electron chi connectivity index (χ1n) is 8.84. The van der Waals surface area contributed by atoms with Crippen LogP contribution in [-0.4, -0.2) is 35.5 Å². The predicted molar refractivity (Wildman–Crippen MR) is 101 cm³/mol. The molecule has 1 fully saturated rings. The number of benzene rings is 2. The lowest BCUT2D eigenvalue weighted by Gasteiger charge is -2.38. The number of aryl methyl sites for hydroxylation is 2. The molecule has 0 radical (unpaired) electrons. The highest BCUT2D eigenvalue weighted by molar-refractivity contribution is 5.93. The van der Waals surface area contributed by atoms with Crippen molar-refractivity contribution in [3.63, 3.8) is 0 Å². The van der Waals surface area contributed by atoms with Gasteiger partial charge in [-0.1, -0.05) is 42.5 Å². The molecule has 4 nitrogen and oxygen atoms in total. The van der Waals surface area contributed by atoms with Crippen LogP contribution < -0.4 is 5.32 Å². The molecule has 0 atom stereocenters. The van der Waals surface area contributed by atoms with Crippen LogP contribution in [0.4, 0.5) is 5.69 Å². The van der Waals surface area contributed by atoms with Gasteiger partial charge in [-0.2, -0.15) is 0 Å². The molecule has 1 saturated heterocycles. The molecule has 0 bridgehead atoms. The first kappa shape index (κ1) is 17.6. The number of carbonyl (C=O) groups is 1. The van der Waals surface area contributed by atoms with Crippen molar-refractivity contribution in [3.8, 4) is 0 Å². The summed E-state index contributed by atoms with van der Waals surface area (Å²) >= 11 is 0. The van der Waals surface area contributed by atoms with Gasteiger partial charge >= 0.3 is 0 Å². The lowest BCUT2D eigenvalue weighted by Crippen LogP contribution is -2.45. The summed E-state index contributed by atoms with van der Waals surface area (Å²) in [5, 5.41) is 13.9. The molecule has 0 unspecified atom stereocenters. The van der Waals surface area contributed by atoms with E-state index < -0.39 is 5.60 Å². The van der Waals surface area contributed by atoms with Gasteiger partial charge in [0, 0.05) is 18.8 Å². The molecule has 0 aliphatic carbocycles. The highest BCUT2D eigenvalue weighted by Gasteiger charge is 2.34. The van der Waals surface area contributed by atoms with Gasteiger partial charge in [-0.25, -0.2) is 0 Å². The Morgan fingerprint density at radius 2 is 1.80 bits per heavy atom. The monoisotopic (exact) mass is 338 g/mol. The van der Waals surface area contributed by atoms with Crippen LogP contribution in [0.25, 0.3) is 0 Å².